The van der Waals surface area contributed by atoms with Crippen LogP contribution < -0.4 is 10.4 Å². The van der Waals surface area contributed by atoms with Crippen molar-refractivity contribution in [2.45, 2.75) is 13.8 Å². The van der Waals surface area contributed by atoms with Gasteiger partial charge in [0.1, 0.15) is 0 Å². The van der Waals surface area contributed by atoms with E-state index in [1.807, 2.05) is 0 Å². The van der Waals surface area contributed by atoms with Crippen LogP contribution in [0.5, 0.6) is 0 Å². The third-order valence-electron chi connectivity index (χ3n) is 11.6. The van der Waals surface area contributed by atoms with Crippen LogP contribution in [0.2, 0.25) is 0 Å². The Labute approximate surface area is 296 Å². The largest absolute Gasteiger partial charge is 0.0738 e. The van der Waals surface area contributed by atoms with E-state index < -0.39 is 0 Å². The molecule has 0 saturated carbocycles. The Balaban J connectivity index is 1.13. The van der Waals surface area contributed by atoms with Crippen molar-refractivity contribution in [2.24, 2.45) is 5.41 Å². The van der Waals surface area contributed by atoms with Crippen LogP contribution in [0, 0.1) is 5.41 Å². The van der Waals surface area contributed by atoms with Gasteiger partial charge in [0.05, 0.1) is 0 Å². The lowest BCUT2D eigenvalue weighted by Crippen LogP contribution is -2.28. The Morgan fingerprint density at radius 2 is 0.804 bits per heavy atom. The molecule has 0 aromatic heterocycles. The van der Waals surface area contributed by atoms with E-state index in [1.54, 1.807) is 0 Å². The van der Waals surface area contributed by atoms with E-state index in [4.69, 9.17) is 0 Å². The summed E-state index contributed by atoms with van der Waals surface area (Å²) in [7, 11) is 0. The number of hydrogen-bond donors (Lipinski definition) is 0. The lowest BCUT2D eigenvalue weighted by Gasteiger charge is -2.30. The molecule has 2 aliphatic rings. The summed E-state index contributed by atoms with van der Waals surface area (Å²) in [4.78, 5) is 0. The van der Waals surface area contributed by atoms with Gasteiger partial charge in [-0.3, -0.25) is 0 Å². The molecule has 9 aromatic rings. The number of rotatable bonds is 2. The van der Waals surface area contributed by atoms with E-state index in [0.717, 1.165) is 0 Å². The molecule has 0 bridgehead atoms. The lowest BCUT2D eigenvalue weighted by molar-refractivity contribution is 0.645. The van der Waals surface area contributed by atoms with Crippen LogP contribution in [0.25, 0.3) is 93.0 Å². The van der Waals surface area contributed by atoms with Gasteiger partial charge >= 0.3 is 0 Å². The van der Waals surface area contributed by atoms with Gasteiger partial charge in [0.25, 0.3) is 0 Å². The highest BCUT2D eigenvalue weighted by Gasteiger charge is 2.31. The summed E-state index contributed by atoms with van der Waals surface area (Å²) in [6.07, 6.45) is 7.23. The zero-order valence-electron chi connectivity index (χ0n) is 28.7. The van der Waals surface area contributed by atoms with E-state index in [9.17, 15) is 0 Å². The van der Waals surface area contributed by atoms with Crippen LogP contribution in [-0.2, 0) is 0 Å². The van der Waals surface area contributed by atoms with Crippen molar-refractivity contribution in [3.05, 3.63) is 185 Å². The summed E-state index contributed by atoms with van der Waals surface area (Å²) in [5.74, 6) is 0. The summed E-state index contributed by atoms with van der Waals surface area (Å²) >= 11 is 0. The first kappa shape index (κ1) is 28.6. The van der Waals surface area contributed by atoms with Gasteiger partial charge in [-0.2, -0.15) is 0 Å². The number of fused-ring (bicyclic) bond motifs is 14. The molecule has 0 radical (unpaired) electrons. The second-order valence-electron chi connectivity index (χ2n) is 14.9. The Morgan fingerprint density at radius 3 is 1.37 bits per heavy atom. The topological polar surface area (TPSA) is 0 Å². The van der Waals surface area contributed by atoms with Gasteiger partial charge in [0.2, 0.25) is 0 Å². The van der Waals surface area contributed by atoms with Crippen molar-refractivity contribution in [1.29, 1.82) is 0 Å². The standard InChI is InChI=1S/C51H34/c1-51(2)25-24-35(49-29-34-28-47-42-20-9-6-16-38(42)39-17-7-10-21-43(39)48(47)30-45(34)50(49)51)33-13-11-12-31(26-33)32-22-23-44-40-18-4-3-14-36(40)37-15-5-8-19-41(37)46(44)27-32/h3-30H,1-2H3. The first-order valence-corrected chi connectivity index (χ1v) is 18.0. The highest BCUT2D eigenvalue weighted by molar-refractivity contribution is 6.27. The first-order chi connectivity index (χ1) is 25.0. The zero-order chi connectivity index (χ0) is 33.8. The smallest absolute Gasteiger partial charge is 0.00909 e. The van der Waals surface area contributed by atoms with Gasteiger partial charge in [-0.05, 0) is 139 Å². The van der Waals surface area contributed by atoms with Crippen molar-refractivity contribution in [1.82, 2.24) is 0 Å². The Kier molecular flexibility index (Phi) is 5.82. The van der Waals surface area contributed by atoms with Crippen LogP contribution in [0.15, 0.2) is 169 Å². The van der Waals surface area contributed by atoms with Gasteiger partial charge in [-0.25, -0.2) is 0 Å². The van der Waals surface area contributed by atoms with Crippen LogP contribution in [-0.4, -0.2) is 0 Å². The molecule has 0 amide bonds. The predicted octanol–water partition coefficient (Wildman–Crippen LogP) is 12.3. The van der Waals surface area contributed by atoms with Crippen molar-refractivity contribution in [2.75, 3.05) is 0 Å². The molecule has 0 unspecified atom stereocenters. The van der Waals surface area contributed by atoms with Crippen molar-refractivity contribution in [3.63, 3.8) is 0 Å². The molecular weight excluding hydrogens is 613 g/mol. The maximum atomic E-state index is 2.48. The molecule has 0 fully saturated rings. The molecule has 0 spiro atoms. The maximum absolute atomic E-state index is 2.48. The van der Waals surface area contributed by atoms with Gasteiger partial charge in [-0.15, -0.1) is 0 Å². The molecular formula is C51H34. The van der Waals surface area contributed by atoms with E-state index in [-0.39, 0.29) is 5.41 Å². The van der Waals surface area contributed by atoms with Gasteiger partial charge in [0, 0.05) is 5.41 Å². The third kappa shape index (κ3) is 4.08. The average molecular weight is 647 g/mol. The van der Waals surface area contributed by atoms with Gasteiger partial charge in [0.15, 0.2) is 0 Å². The number of benzene rings is 9. The fraction of sp³-hybridized carbons (Fsp3) is 0.0588. The fourth-order valence-corrected chi connectivity index (χ4v) is 9.25. The Bertz CT molecular complexity index is 3170. The number of hydrogen-bond acceptors (Lipinski definition) is 0. The highest BCUT2D eigenvalue weighted by Crippen LogP contribution is 2.45. The summed E-state index contributed by atoms with van der Waals surface area (Å²) in [5, 5.41) is 18.4. The summed E-state index contributed by atoms with van der Waals surface area (Å²) in [5.41, 5.74) is 7.68. The summed E-state index contributed by atoms with van der Waals surface area (Å²) in [6.45, 7) is 4.72. The molecule has 0 N–H and O–H groups in total. The molecule has 0 heteroatoms. The molecule has 0 atom stereocenters. The number of allylic oxidation sites excluding steroid dienone is 4. The second-order valence-corrected chi connectivity index (χ2v) is 14.9. The van der Waals surface area contributed by atoms with E-state index in [0.29, 0.717) is 0 Å². The molecule has 9 aromatic carbocycles. The van der Waals surface area contributed by atoms with E-state index >= 15 is 0 Å². The lowest BCUT2D eigenvalue weighted by atomic mass is 9.74. The van der Waals surface area contributed by atoms with Crippen molar-refractivity contribution < 1.29 is 0 Å². The molecule has 0 aliphatic heterocycles. The monoisotopic (exact) mass is 646 g/mol. The van der Waals surface area contributed by atoms with Crippen LogP contribution in [0.3, 0.4) is 0 Å². The van der Waals surface area contributed by atoms with Crippen LogP contribution >= 0.6 is 0 Å². The zero-order valence-corrected chi connectivity index (χ0v) is 28.7. The van der Waals surface area contributed by atoms with Crippen LogP contribution in [0.4, 0.5) is 0 Å². The minimum Gasteiger partial charge on any atom is -0.0738 e. The molecule has 11 rings (SSSR count). The average Bonchev–Trinajstić information content (AvgIpc) is 3.57. The normalized spacial score (nSPS) is 15.0. The molecule has 2 aliphatic carbocycles. The van der Waals surface area contributed by atoms with Crippen molar-refractivity contribution in [3.8, 4) is 11.1 Å². The van der Waals surface area contributed by atoms with E-state index in [2.05, 4.69) is 184 Å². The highest BCUT2D eigenvalue weighted by atomic mass is 14.3. The Hall–Kier alpha value is -6.24. The first-order valence-electron chi connectivity index (χ1n) is 18.0. The second kappa shape index (κ2) is 10.4. The summed E-state index contributed by atoms with van der Waals surface area (Å²) < 4.78 is 0. The molecule has 0 heterocycles. The van der Waals surface area contributed by atoms with Crippen LogP contribution in [0.1, 0.15) is 19.4 Å². The quantitative estimate of drug-likeness (QED) is 0.164. The van der Waals surface area contributed by atoms with Gasteiger partial charge < -0.3 is 0 Å². The predicted molar refractivity (Wildman–Crippen MR) is 220 cm³/mol. The minimum atomic E-state index is -0.0965. The maximum Gasteiger partial charge on any atom is 0.00909 e. The Morgan fingerprint density at radius 1 is 0.353 bits per heavy atom. The minimum absolute atomic E-state index is 0.0965. The fourth-order valence-electron chi connectivity index (χ4n) is 9.25. The molecule has 51 heavy (non-hydrogen) atoms. The van der Waals surface area contributed by atoms with Gasteiger partial charge in [-0.1, -0.05) is 153 Å². The van der Waals surface area contributed by atoms with Crippen molar-refractivity contribution >= 4 is 81.9 Å². The van der Waals surface area contributed by atoms with E-state index in [1.165, 1.54) is 108 Å². The molecule has 0 nitrogen and oxygen atoms in total. The molecule has 238 valence electrons. The molecule has 0 saturated heterocycles. The summed E-state index contributed by atoms with van der Waals surface area (Å²) in [6, 6.07) is 56.5. The third-order valence-corrected chi connectivity index (χ3v) is 11.6. The SMILES string of the molecule is CC1(C)C=CC(c2cccc(-c3ccc4c5ccccc5c5ccccc5c4c3)c2)=C2C=c3cc4c5ccccc5c5ccccc5c4cc3=C21.